The van der Waals surface area contributed by atoms with Gasteiger partial charge in [-0.1, -0.05) is 50.8 Å². The first kappa shape index (κ1) is 17.4. The lowest BCUT2D eigenvalue weighted by Crippen LogP contribution is -2.11. The molecule has 0 atom stereocenters. The standard InChI is InChI=1S/C18H27NO2/c1-3-5-6-7-9-14-17(15-18(20)21-4-2)19-16-12-10-8-11-13-16/h8,10-13H,3-7,9,14-15H2,1-2H3. The molecule has 0 amide bonds. The average molecular weight is 289 g/mol. The zero-order chi connectivity index (χ0) is 15.3. The average Bonchev–Trinajstić information content (AvgIpc) is 2.48. The van der Waals surface area contributed by atoms with E-state index in [0.717, 1.165) is 24.2 Å². The predicted molar refractivity (Wildman–Crippen MR) is 88.2 cm³/mol. The molecule has 0 N–H and O–H groups in total. The van der Waals surface area contributed by atoms with Gasteiger partial charge in [0.05, 0.1) is 18.7 Å². The molecule has 0 unspecified atom stereocenters. The van der Waals surface area contributed by atoms with E-state index in [-0.39, 0.29) is 5.97 Å². The molecule has 1 aromatic carbocycles. The van der Waals surface area contributed by atoms with Crippen LogP contribution in [0.3, 0.4) is 0 Å². The Morgan fingerprint density at radius 3 is 2.43 bits per heavy atom. The number of unbranched alkanes of at least 4 members (excludes halogenated alkanes) is 4. The SMILES string of the molecule is CCCCCCCC(CC(=O)OCC)=Nc1ccccc1. The summed E-state index contributed by atoms with van der Waals surface area (Å²) in [5, 5.41) is 0. The van der Waals surface area contributed by atoms with Crippen molar-refractivity contribution in [1.29, 1.82) is 0 Å². The van der Waals surface area contributed by atoms with E-state index in [1.807, 2.05) is 37.3 Å². The van der Waals surface area contributed by atoms with Crippen LogP contribution in [-0.4, -0.2) is 18.3 Å². The Morgan fingerprint density at radius 2 is 1.76 bits per heavy atom. The Bertz CT molecular complexity index is 426. The minimum Gasteiger partial charge on any atom is -0.466 e. The smallest absolute Gasteiger partial charge is 0.311 e. The first-order valence-corrected chi connectivity index (χ1v) is 8.03. The molecule has 116 valence electrons. The maximum absolute atomic E-state index is 11.7. The molecule has 1 rings (SSSR count). The van der Waals surface area contributed by atoms with Crippen LogP contribution in [0.2, 0.25) is 0 Å². The van der Waals surface area contributed by atoms with Gasteiger partial charge in [-0.15, -0.1) is 0 Å². The van der Waals surface area contributed by atoms with Gasteiger partial charge in [0.1, 0.15) is 0 Å². The lowest BCUT2D eigenvalue weighted by atomic mass is 10.1. The van der Waals surface area contributed by atoms with E-state index in [1.165, 1.54) is 25.7 Å². The van der Waals surface area contributed by atoms with Crippen LogP contribution in [0.1, 0.15) is 58.8 Å². The summed E-state index contributed by atoms with van der Waals surface area (Å²) in [6.07, 6.45) is 7.24. The molecule has 0 heterocycles. The number of benzene rings is 1. The summed E-state index contributed by atoms with van der Waals surface area (Å²) in [4.78, 5) is 16.3. The molecule has 0 saturated carbocycles. The number of nitrogens with zero attached hydrogens (tertiary/aromatic N) is 1. The molecule has 3 nitrogen and oxygen atoms in total. The van der Waals surface area contributed by atoms with Crippen LogP contribution in [0.15, 0.2) is 35.3 Å². The van der Waals surface area contributed by atoms with Crippen molar-refractivity contribution in [3.8, 4) is 0 Å². The Hall–Kier alpha value is -1.64. The van der Waals surface area contributed by atoms with Gasteiger partial charge in [-0.2, -0.15) is 0 Å². The molecule has 0 aliphatic carbocycles. The highest BCUT2D eigenvalue weighted by Crippen LogP contribution is 2.15. The normalized spacial score (nSPS) is 11.4. The molecule has 0 saturated heterocycles. The number of carbonyl (C=O) groups excluding carboxylic acids is 1. The number of para-hydroxylation sites is 1. The van der Waals surface area contributed by atoms with Crippen molar-refractivity contribution in [2.75, 3.05) is 6.61 Å². The third kappa shape index (κ3) is 8.28. The maximum Gasteiger partial charge on any atom is 0.311 e. The van der Waals surface area contributed by atoms with Crippen molar-refractivity contribution >= 4 is 17.4 Å². The van der Waals surface area contributed by atoms with E-state index < -0.39 is 0 Å². The largest absolute Gasteiger partial charge is 0.466 e. The summed E-state index contributed by atoms with van der Waals surface area (Å²) in [7, 11) is 0. The number of carbonyl (C=O) groups is 1. The van der Waals surface area contributed by atoms with Crippen LogP contribution in [-0.2, 0) is 9.53 Å². The number of aliphatic imine (C=N–C) groups is 1. The van der Waals surface area contributed by atoms with Crippen LogP contribution in [0.5, 0.6) is 0 Å². The van der Waals surface area contributed by atoms with Crippen LogP contribution < -0.4 is 0 Å². The minimum absolute atomic E-state index is 0.180. The summed E-state index contributed by atoms with van der Waals surface area (Å²) < 4.78 is 5.04. The van der Waals surface area contributed by atoms with Crippen LogP contribution in [0.25, 0.3) is 0 Å². The van der Waals surface area contributed by atoms with Crippen molar-refractivity contribution in [3.63, 3.8) is 0 Å². The van der Waals surface area contributed by atoms with E-state index >= 15 is 0 Å². The molecule has 0 aliphatic rings. The van der Waals surface area contributed by atoms with Gasteiger partial charge in [-0.25, -0.2) is 0 Å². The lowest BCUT2D eigenvalue weighted by molar-refractivity contribution is -0.141. The van der Waals surface area contributed by atoms with Gasteiger partial charge in [-0.3, -0.25) is 9.79 Å². The molecule has 21 heavy (non-hydrogen) atoms. The number of rotatable bonds is 10. The van der Waals surface area contributed by atoms with Gasteiger partial charge in [0.15, 0.2) is 0 Å². The van der Waals surface area contributed by atoms with E-state index in [1.54, 1.807) is 0 Å². The number of ether oxygens (including phenoxy) is 1. The molecular weight excluding hydrogens is 262 g/mol. The molecule has 0 bridgehead atoms. The van der Waals surface area contributed by atoms with Gasteiger partial charge in [-0.05, 0) is 31.9 Å². The second kappa shape index (κ2) is 11.1. The fourth-order valence-electron chi connectivity index (χ4n) is 2.18. The molecule has 1 aromatic rings. The van der Waals surface area contributed by atoms with E-state index in [9.17, 15) is 4.79 Å². The van der Waals surface area contributed by atoms with Crippen molar-refractivity contribution < 1.29 is 9.53 Å². The van der Waals surface area contributed by atoms with Gasteiger partial charge < -0.3 is 4.74 Å². The minimum atomic E-state index is -0.180. The molecule has 0 fully saturated rings. The van der Waals surface area contributed by atoms with Crippen molar-refractivity contribution in [2.24, 2.45) is 4.99 Å². The monoisotopic (exact) mass is 289 g/mol. The number of hydrogen-bond donors (Lipinski definition) is 0. The van der Waals surface area contributed by atoms with Gasteiger partial charge in [0, 0.05) is 5.71 Å². The first-order chi connectivity index (χ1) is 10.3. The van der Waals surface area contributed by atoms with Crippen LogP contribution in [0, 0.1) is 0 Å². The summed E-state index contributed by atoms with van der Waals surface area (Å²) in [6, 6.07) is 9.81. The second-order valence-electron chi connectivity index (χ2n) is 5.16. The molecule has 0 spiro atoms. The zero-order valence-corrected chi connectivity index (χ0v) is 13.3. The topological polar surface area (TPSA) is 38.7 Å². The Labute approximate surface area is 128 Å². The number of esters is 1. The van der Waals surface area contributed by atoms with E-state index in [0.29, 0.717) is 13.0 Å². The molecule has 0 radical (unpaired) electrons. The predicted octanol–water partition coefficient (Wildman–Crippen LogP) is 5.07. The molecule has 3 heteroatoms. The maximum atomic E-state index is 11.7. The van der Waals surface area contributed by atoms with Crippen LogP contribution >= 0.6 is 0 Å². The molecular formula is C18H27NO2. The fraction of sp³-hybridized carbons (Fsp3) is 0.556. The Kier molecular flexibility index (Phi) is 9.18. The zero-order valence-electron chi connectivity index (χ0n) is 13.3. The molecule has 0 aromatic heterocycles. The van der Waals surface area contributed by atoms with Gasteiger partial charge in [0.25, 0.3) is 0 Å². The van der Waals surface area contributed by atoms with Crippen molar-refractivity contribution in [1.82, 2.24) is 0 Å². The van der Waals surface area contributed by atoms with E-state index in [2.05, 4.69) is 11.9 Å². The quantitative estimate of drug-likeness (QED) is 0.342. The summed E-state index contributed by atoms with van der Waals surface area (Å²) >= 11 is 0. The van der Waals surface area contributed by atoms with Crippen molar-refractivity contribution in [3.05, 3.63) is 30.3 Å². The highest BCUT2D eigenvalue weighted by Gasteiger charge is 2.08. The lowest BCUT2D eigenvalue weighted by Gasteiger charge is -2.07. The molecule has 0 aliphatic heterocycles. The highest BCUT2D eigenvalue weighted by molar-refractivity contribution is 6.00. The van der Waals surface area contributed by atoms with Crippen LogP contribution in [0.4, 0.5) is 5.69 Å². The van der Waals surface area contributed by atoms with Crippen molar-refractivity contribution in [2.45, 2.75) is 58.8 Å². The third-order valence-electron chi connectivity index (χ3n) is 3.27. The van der Waals surface area contributed by atoms with E-state index in [4.69, 9.17) is 4.74 Å². The van der Waals surface area contributed by atoms with Gasteiger partial charge >= 0.3 is 5.97 Å². The summed E-state index contributed by atoms with van der Waals surface area (Å²) in [6.45, 7) is 4.47. The summed E-state index contributed by atoms with van der Waals surface area (Å²) in [5.74, 6) is -0.180. The third-order valence-corrected chi connectivity index (χ3v) is 3.27. The number of hydrogen-bond acceptors (Lipinski definition) is 3. The Morgan fingerprint density at radius 1 is 1.05 bits per heavy atom. The second-order valence-corrected chi connectivity index (χ2v) is 5.16. The summed E-state index contributed by atoms with van der Waals surface area (Å²) in [5.41, 5.74) is 1.83. The van der Waals surface area contributed by atoms with Gasteiger partial charge in [0.2, 0.25) is 0 Å². The Balaban J connectivity index is 2.57. The fourth-order valence-corrected chi connectivity index (χ4v) is 2.18. The highest BCUT2D eigenvalue weighted by atomic mass is 16.5. The first-order valence-electron chi connectivity index (χ1n) is 8.03.